The monoisotopic (exact) mass is 356 g/mol. The van der Waals surface area contributed by atoms with Crippen LogP contribution in [0.15, 0.2) is 52.8 Å². The molecular weight excluding hydrogens is 340 g/mol. The van der Waals surface area contributed by atoms with E-state index in [1.165, 1.54) is 6.42 Å². The Bertz CT molecular complexity index is 956. The van der Waals surface area contributed by atoms with Crippen LogP contribution in [0.5, 0.6) is 0 Å². The van der Waals surface area contributed by atoms with E-state index in [0.717, 1.165) is 34.4 Å². The Labute approximate surface area is 149 Å². The highest BCUT2D eigenvalue weighted by Gasteiger charge is 2.20. The highest BCUT2D eigenvalue weighted by atomic mass is 35.5. The molecule has 1 aliphatic carbocycles. The van der Waals surface area contributed by atoms with Crippen molar-refractivity contribution in [2.45, 2.75) is 25.3 Å². The van der Waals surface area contributed by atoms with Crippen molar-refractivity contribution in [1.29, 1.82) is 0 Å². The molecule has 1 aliphatic rings. The van der Waals surface area contributed by atoms with Crippen molar-refractivity contribution in [3.63, 3.8) is 0 Å². The van der Waals surface area contributed by atoms with Gasteiger partial charge in [-0.25, -0.2) is 0 Å². The second kappa shape index (κ2) is 6.11. The van der Waals surface area contributed by atoms with E-state index in [-0.39, 0.29) is 5.56 Å². The minimum Gasteiger partial charge on any atom is -0.399 e. The fourth-order valence-corrected chi connectivity index (χ4v) is 4.29. The van der Waals surface area contributed by atoms with Gasteiger partial charge in [0.15, 0.2) is 0 Å². The molecule has 2 N–H and O–H groups in total. The topological polar surface area (TPSA) is 48.0 Å². The molecule has 1 fully saturated rings. The van der Waals surface area contributed by atoms with E-state index < -0.39 is 0 Å². The number of halogens is 1. The van der Waals surface area contributed by atoms with Gasteiger partial charge in [-0.1, -0.05) is 17.7 Å². The number of rotatable bonds is 3. The molecule has 4 rings (SSSR count). The van der Waals surface area contributed by atoms with Crippen LogP contribution in [-0.2, 0) is 0 Å². The quantitative estimate of drug-likeness (QED) is 0.655. The molecule has 0 saturated heterocycles. The van der Waals surface area contributed by atoms with Crippen molar-refractivity contribution >= 4 is 28.6 Å². The molecule has 3 nitrogen and oxygen atoms in total. The fraction of sp³-hybridized carbons (Fsp3) is 0.211. The molecule has 0 unspecified atom stereocenters. The Morgan fingerprint density at radius 1 is 1.12 bits per heavy atom. The molecule has 3 aromatic rings. The molecule has 24 heavy (non-hydrogen) atoms. The molecule has 0 atom stereocenters. The predicted octanol–water partition coefficient (Wildman–Crippen LogP) is 5.20. The maximum atomic E-state index is 12.1. The van der Waals surface area contributed by atoms with Crippen LogP contribution >= 0.6 is 22.9 Å². The summed E-state index contributed by atoms with van der Waals surface area (Å²) in [6, 6.07) is 11.6. The van der Waals surface area contributed by atoms with Gasteiger partial charge >= 0.3 is 0 Å². The lowest BCUT2D eigenvalue weighted by Crippen LogP contribution is -2.27. The third kappa shape index (κ3) is 2.76. The van der Waals surface area contributed by atoms with Crippen molar-refractivity contribution in [2.24, 2.45) is 0 Å². The van der Waals surface area contributed by atoms with Crippen molar-refractivity contribution in [3.8, 4) is 21.6 Å². The first-order valence-electron chi connectivity index (χ1n) is 7.98. The molecule has 2 heterocycles. The van der Waals surface area contributed by atoms with E-state index in [2.05, 4.69) is 11.4 Å². The third-order valence-electron chi connectivity index (χ3n) is 4.60. The van der Waals surface area contributed by atoms with Crippen LogP contribution < -0.4 is 11.3 Å². The summed E-state index contributed by atoms with van der Waals surface area (Å²) in [6.45, 7) is 0. The number of aromatic nitrogens is 1. The summed E-state index contributed by atoms with van der Waals surface area (Å²) in [5.41, 5.74) is 9.66. The van der Waals surface area contributed by atoms with Gasteiger partial charge in [0.1, 0.15) is 0 Å². The standard InChI is InChI=1S/C19H17ClN2OS/c20-17-9-14(21)5-6-16(17)18-8-13(11-24-18)12-4-7-19(23)22(10-12)15-2-1-3-15/h4-11,15H,1-3,21H2. The molecule has 0 aliphatic heterocycles. The van der Waals surface area contributed by atoms with Gasteiger partial charge in [-0.2, -0.15) is 0 Å². The SMILES string of the molecule is Nc1ccc(-c2cc(-c3ccc(=O)n(C4CCC4)c3)cs2)c(Cl)c1. The summed E-state index contributed by atoms with van der Waals surface area (Å²) in [6.07, 6.45) is 5.39. The maximum absolute atomic E-state index is 12.1. The molecule has 5 heteroatoms. The number of hydrogen-bond acceptors (Lipinski definition) is 3. The van der Waals surface area contributed by atoms with Gasteiger partial charge in [0.05, 0.1) is 5.02 Å². The second-order valence-electron chi connectivity index (χ2n) is 6.19. The summed E-state index contributed by atoms with van der Waals surface area (Å²) in [4.78, 5) is 13.2. The van der Waals surface area contributed by atoms with E-state index in [4.69, 9.17) is 17.3 Å². The fourth-order valence-electron chi connectivity index (χ4n) is 2.98. The van der Waals surface area contributed by atoms with Crippen LogP contribution in [-0.4, -0.2) is 4.57 Å². The van der Waals surface area contributed by atoms with Crippen molar-refractivity contribution < 1.29 is 0 Å². The summed E-state index contributed by atoms with van der Waals surface area (Å²) in [5.74, 6) is 0. The van der Waals surface area contributed by atoms with Crippen LogP contribution in [0.4, 0.5) is 5.69 Å². The van der Waals surface area contributed by atoms with E-state index in [1.807, 2.05) is 29.0 Å². The summed E-state index contributed by atoms with van der Waals surface area (Å²) in [5, 5.41) is 2.76. The smallest absolute Gasteiger partial charge is 0.250 e. The van der Waals surface area contributed by atoms with Gasteiger partial charge in [0.25, 0.3) is 5.56 Å². The molecule has 2 aromatic heterocycles. The first-order valence-corrected chi connectivity index (χ1v) is 9.24. The van der Waals surface area contributed by atoms with Gasteiger partial charge in [0, 0.05) is 34.4 Å². The van der Waals surface area contributed by atoms with E-state index >= 15 is 0 Å². The normalized spacial score (nSPS) is 14.5. The zero-order valence-corrected chi connectivity index (χ0v) is 14.6. The van der Waals surface area contributed by atoms with Crippen LogP contribution in [0.1, 0.15) is 25.3 Å². The predicted molar refractivity (Wildman–Crippen MR) is 102 cm³/mol. The minimum atomic E-state index is 0.0838. The van der Waals surface area contributed by atoms with E-state index in [1.54, 1.807) is 23.5 Å². The van der Waals surface area contributed by atoms with Gasteiger partial charge < -0.3 is 10.3 Å². The third-order valence-corrected chi connectivity index (χ3v) is 5.87. The molecule has 122 valence electrons. The molecule has 1 saturated carbocycles. The lowest BCUT2D eigenvalue weighted by Gasteiger charge is -2.27. The van der Waals surface area contributed by atoms with Gasteiger partial charge in [-0.15, -0.1) is 11.3 Å². The Hall–Kier alpha value is -2.04. The summed E-state index contributed by atoms with van der Waals surface area (Å²) < 4.78 is 1.88. The molecule has 0 amide bonds. The lowest BCUT2D eigenvalue weighted by atomic mass is 9.92. The Morgan fingerprint density at radius 3 is 2.67 bits per heavy atom. The first-order chi connectivity index (χ1) is 11.6. The van der Waals surface area contributed by atoms with Crippen LogP contribution in [0.2, 0.25) is 5.02 Å². The Balaban J connectivity index is 1.71. The number of anilines is 1. The molecule has 0 bridgehead atoms. The number of thiophene rings is 1. The number of nitrogen functional groups attached to an aromatic ring is 1. The zero-order chi connectivity index (χ0) is 16.7. The van der Waals surface area contributed by atoms with Crippen LogP contribution in [0, 0.1) is 0 Å². The largest absolute Gasteiger partial charge is 0.399 e. The number of nitrogens with zero attached hydrogens (tertiary/aromatic N) is 1. The second-order valence-corrected chi connectivity index (χ2v) is 7.51. The van der Waals surface area contributed by atoms with Crippen LogP contribution in [0.3, 0.4) is 0 Å². The summed E-state index contributed by atoms with van der Waals surface area (Å²) >= 11 is 7.96. The average Bonchev–Trinajstić information content (AvgIpc) is 2.97. The van der Waals surface area contributed by atoms with Crippen LogP contribution in [0.25, 0.3) is 21.6 Å². The first kappa shape index (κ1) is 15.5. The summed E-state index contributed by atoms with van der Waals surface area (Å²) in [7, 11) is 0. The highest BCUT2D eigenvalue weighted by Crippen LogP contribution is 2.37. The van der Waals surface area contributed by atoms with E-state index in [0.29, 0.717) is 16.8 Å². The number of benzene rings is 1. The van der Waals surface area contributed by atoms with Crippen molar-refractivity contribution in [3.05, 3.63) is 63.4 Å². The Morgan fingerprint density at radius 2 is 1.96 bits per heavy atom. The highest BCUT2D eigenvalue weighted by molar-refractivity contribution is 7.14. The van der Waals surface area contributed by atoms with Gasteiger partial charge in [-0.3, -0.25) is 4.79 Å². The number of hydrogen-bond donors (Lipinski definition) is 1. The maximum Gasteiger partial charge on any atom is 0.250 e. The van der Waals surface area contributed by atoms with Crippen molar-refractivity contribution in [2.75, 3.05) is 5.73 Å². The minimum absolute atomic E-state index is 0.0838. The number of nitrogens with two attached hydrogens (primary N) is 1. The zero-order valence-electron chi connectivity index (χ0n) is 13.0. The Kier molecular flexibility index (Phi) is 3.94. The molecule has 1 aromatic carbocycles. The van der Waals surface area contributed by atoms with Gasteiger partial charge in [-0.05, 0) is 60.0 Å². The van der Waals surface area contributed by atoms with Gasteiger partial charge in [0.2, 0.25) is 0 Å². The average molecular weight is 357 g/mol. The molecular formula is C19H17ClN2OS. The van der Waals surface area contributed by atoms with Crippen molar-refractivity contribution in [1.82, 2.24) is 4.57 Å². The molecule has 0 spiro atoms. The van der Waals surface area contributed by atoms with E-state index in [9.17, 15) is 4.79 Å². The lowest BCUT2D eigenvalue weighted by molar-refractivity contribution is 0.306. The number of pyridine rings is 1. The molecule has 0 radical (unpaired) electrons.